The second-order valence-electron chi connectivity index (χ2n) is 2.96. The molecule has 0 spiro atoms. The highest BCUT2D eigenvalue weighted by atomic mass is 16.6. The maximum atomic E-state index is 11.5. The minimum atomic E-state index is -1.17. The zero-order valence-electron chi connectivity index (χ0n) is 10.1. The summed E-state index contributed by atoms with van der Waals surface area (Å²) in [6, 6.07) is 0. The van der Waals surface area contributed by atoms with E-state index in [4.69, 9.17) is 15.9 Å². The fourth-order valence-corrected chi connectivity index (χ4v) is 0.974. The molecule has 0 N–H and O–H groups in total. The Morgan fingerprint density at radius 3 is 2.06 bits per heavy atom. The van der Waals surface area contributed by atoms with Crippen molar-refractivity contribution in [1.29, 1.82) is 0 Å². The molecule has 0 saturated heterocycles. The predicted molar refractivity (Wildman–Crippen MR) is 62.6 cm³/mol. The lowest BCUT2D eigenvalue weighted by Gasteiger charge is -2.08. The van der Waals surface area contributed by atoms with E-state index in [1.165, 1.54) is 0 Å². The van der Waals surface area contributed by atoms with Gasteiger partial charge in [-0.3, -0.25) is 9.59 Å². The lowest BCUT2D eigenvalue weighted by Crippen LogP contribution is -2.26. The fourth-order valence-electron chi connectivity index (χ4n) is 0.974. The Morgan fingerprint density at radius 1 is 1.12 bits per heavy atom. The first-order valence-corrected chi connectivity index (χ1v) is 5.42. The molecule has 0 aliphatic rings. The highest BCUT2D eigenvalue weighted by molar-refractivity contribution is 5.98. The molecular weight excluding hydrogens is 220 g/mol. The standard InChI is InChI=1S/C13H16O4/c1-4-7-8-9-10-11(12(14)16-5-2)13(15)17-6-3/h1,11H,5-8H2,2-3H3. The van der Waals surface area contributed by atoms with Crippen molar-refractivity contribution in [2.45, 2.75) is 26.7 Å². The molecule has 0 aliphatic heterocycles. The number of rotatable bonds is 5. The predicted octanol–water partition coefficient (Wildman–Crippen LogP) is 1.15. The maximum absolute atomic E-state index is 11.5. The minimum absolute atomic E-state index is 0.195. The number of terminal acetylenes is 1. The van der Waals surface area contributed by atoms with Gasteiger partial charge in [-0.2, -0.15) is 0 Å². The molecule has 0 amide bonds. The van der Waals surface area contributed by atoms with Gasteiger partial charge < -0.3 is 9.47 Å². The van der Waals surface area contributed by atoms with Crippen molar-refractivity contribution in [1.82, 2.24) is 0 Å². The summed E-state index contributed by atoms with van der Waals surface area (Å²) >= 11 is 0. The topological polar surface area (TPSA) is 52.6 Å². The van der Waals surface area contributed by atoms with E-state index in [9.17, 15) is 9.59 Å². The monoisotopic (exact) mass is 236 g/mol. The number of hydrogen-bond donors (Lipinski definition) is 0. The smallest absolute Gasteiger partial charge is 0.332 e. The fraction of sp³-hybridized carbons (Fsp3) is 0.538. The SMILES string of the molecule is C#CCCC#CC(C(=O)OCC)C(=O)OCC. The van der Waals surface area contributed by atoms with Crippen molar-refractivity contribution >= 4 is 11.9 Å². The molecule has 0 aromatic rings. The largest absolute Gasteiger partial charge is 0.465 e. The van der Waals surface area contributed by atoms with Gasteiger partial charge in [-0.1, -0.05) is 5.92 Å². The third kappa shape index (κ3) is 6.27. The molecule has 0 aromatic heterocycles. The van der Waals surface area contributed by atoms with Crippen LogP contribution in [0.5, 0.6) is 0 Å². The van der Waals surface area contributed by atoms with E-state index in [1.807, 2.05) is 0 Å². The van der Waals surface area contributed by atoms with E-state index in [0.29, 0.717) is 12.8 Å². The molecule has 0 radical (unpaired) electrons. The van der Waals surface area contributed by atoms with Crippen LogP contribution in [0, 0.1) is 30.1 Å². The summed E-state index contributed by atoms with van der Waals surface area (Å²) in [6.45, 7) is 3.71. The minimum Gasteiger partial charge on any atom is -0.465 e. The zero-order valence-corrected chi connectivity index (χ0v) is 10.1. The highest BCUT2D eigenvalue weighted by Gasteiger charge is 2.27. The Hall–Kier alpha value is -1.94. The maximum Gasteiger partial charge on any atom is 0.332 e. The zero-order chi connectivity index (χ0) is 13.1. The Balaban J connectivity index is 4.60. The van der Waals surface area contributed by atoms with E-state index >= 15 is 0 Å². The van der Waals surface area contributed by atoms with Crippen molar-refractivity contribution in [3.05, 3.63) is 0 Å². The van der Waals surface area contributed by atoms with Crippen LogP contribution in [0.3, 0.4) is 0 Å². The van der Waals surface area contributed by atoms with Gasteiger partial charge in [0, 0.05) is 12.8 Å². The lowest BCUT2D eigenvalue weighted by atomic mass is 10.1. The molecule has 0 aliphatic carbocycles. The summed E-state index contributed by atoms with van der Waals surface area (Å²) in [7, 11) is 0. The van der Waals surface area contributed by atoms with Crippen LogP contribution in [-0.2, 0) is 19.1 Å². The van der Waals surface area contributed by atoms with Crippen molar-refractivity contribution in [3.63, 3.8) is 0 Å². The van der Waals surface area contributed by atoms with Crippen LogP contribution in [0.2, 0.25) is 0 Å². The van der Waals surface area contributed by atoms with Crippen molar-refractivity contribution in [2.75, 3.05) is 13.2 Å². The van der Waals surface area contributed by atoms with Gasteiger partial charge in [-0.25, -0.2) is 0 Å². The van der Waals surface area contributed by atoms with Gasteiger partial charge >= 0.3 is 11.9 Å². The van der Waals surface area contributed by atoms with Gasteiger partial charge in [0.2, 0.25) is 5.92 Å². The molecule has 0 aromatic carbocycles. The molecular formula is C13H16O4. The Labute approximate surface area is 102 Å². The van der Waals surface area contributed by atoms with Gasteiger partial charge in [0.1, 0.15) is 0 Å². The van der Waals surface area contributed by atoms with Crippen molar-refractivity contribution < 1.29 is 19.1 Å². The van der Waals surface area contributed by atoms with Crippen LogP contribution in [0.4, 0.5) is 0 Å². The molecule has 0 atom stereocenters. The Morgan fingerprint density at radius 2 is 1.65 bits per heavy atom. The van der Waals surface area contributed by atoms with E-state index in [1.54, 1.807) is 13.8 Å². The Bertz CT molecular complexity index is 336. The first-order chi connectivity index (χ1) is 8.17. The molecule has 92 valence electrons. The number of carbonyl (C=O) groups excluding carboxylic acids is 2. The highest BCUT2D eigenvalue weighted by Crippen LogP contribution is 2.03. The normalized spacial score (nSPS) is 8.82. The quantitative estimate of drug-likeness (QED) is 0.311. The van der Waals surface area contributed by atoms with Crippen LogP contribution in [0.1, 0.15) is 26.7 Å². The summed E-state index contributed by atoms with van der Waals surface area (Å²) in [6.07, 6.45) is 5.97. The molecule has 4 nitrogen and oxygen atoms in total. The third-order valence-electron chi connectivity index (χ3n) is 1.69. The van der Waals surface area contributed by atoms with Gasteiger partial charge in [0.15, 0.2) is 0 Å². The summed E-state index contributed by atoms with van der Waals surface area (Å²) < 4.78 is 9.49. The molecule has 0 bridgehead atoms. The summed E-state index contributed by atoms with van der Waals surface area (Å²) in [4.78, 5) is 22.9. The number of ether oxygens (including phenoxy) is 2. The van der Waals surface area contributed by atoms with Crippen LogP contribution >= 0.6 is 0 Å². The van der Waals surface area contributed by atoms with Crippen LogP contribution in [0.15, 0.2) is 0 Å². The summed E-state index contributed by atoms with van der Waals surface area (Å²) in [5, 5.41) is 0. The number of carbonyl (C=O) groups is 2. The summed E-state index contributed by atoms with van der Waals surface area (Å²) in [5.74, 6) is 5.08. The van der Waals surface area contributed by atoms with Crippen molar-refractivity contribution in [2.24, 2.45) is 5.92 Å². The number of unbranched alkanes of at least 4 members (excludes halogenated alkanes) is 1. The van der Waals surface area contributed by atoms with Gasteiger partial charge in [-0.15, -0.1) is 18.3 Å². The Kier molecular flexibility index (Phi) is 8.24. The molecule has 17 heavy (non-hydrogen) atoms. The first-order valence-electron chi connectivity index (χ1n) is 5.42. The van der Waals surface area contributed by atoms with E-state index < -0.39 is 17.9 Å². The average Bonchev–Trinajstić information content (AvgIpc) is 2.29. The molecule has 0 saturated carbocycles. The van der Waals surface area contributed by atoms with Gasteiger partial charge in [0.25, 0.3) is 0 Å². The molecule has 0 heterocycles. The second-order valence-corrected chi connectivity index (χ2v) is 2.96. The van der Waals surface area contributed by atoms with E-state index in [-0.39, 0.29) is 13.2 Å². The van der Waals surface area contributed by atoms with Gasteiger partial charge in [-0.05, 0) is 13.8 Å². The van der Waals surface area contributed by atoms with Crippen LogP contribution < -0.4 is 0 Å². The lowest BCUT2D eigenvalue weighted by molar-refractivity contribution is -0.158. The molecule has 0 rings (SSSR count). The first kappa shape index (κ1) is 15.1. The third-order valence-corrected chi connectivity index (χ3v) is 1.69. The average molecular weight is 236 g/mol. The number of hydrogen-bond acceptors (Lipinski definition) is 4. The van der Waals surface area contributed by atoms with Crippen LogP contribution in [0.25, 0.3) is 0 Å². The number of esters is 2. The van der Waals surface area contributed by atoms with Crippen LogP contribution in [-0.4, -0.2) is 25.2 Å². The second kappa shape index (κ2) is 9.30. The molecule has 0 fully saturated rings. The molecule has 0 unspecified atom stereocenters. The summed E-state index contributed by atoms with van der Waals surface area (Å²) in [5.41, 5.74) is 0. The van der Waals surface area contributed by atoms with Crippen molar-refractivity contribution in [3.8, 4) is 24.2 Å². The van der Waals surface area contributed by atoms with E-state index in [0.717, 1.165) is 0 Å². The molecule has 4 heteroatoms. The van der Waals surface area contributed by atoms with Gasteiger partial charge in [0.05, 0.1) is 13.2 Å². The van der Waals surface area contributed by atoms with E-state index in [2.05, 4.69) is 17.8 Å².